The molecule has 0 unspecified atom stereocenters. The second-order valence-corrected chi connectivity index (χ2v) is 4.38. The molecule has 0 saturated heterocycles. The maximum atomic E-state index is 11.8. The second-order valence-electron chi connectivity index (χ2n) is 4.38. The topological polar surface area (TPSA) is 126 Å². The van der Waals surface area contributed by atoms with E-state index in [-0.39, 0.29) is 6.54 Å². The quantitative estimate of drug-likeness (QED) is 0.680. The molecule has 20 heavy (non-hydrogen) atoms. The third-order valence-corrected chi connectivity index (χ3v) is 2.54. The predicted octanol–water partition coefficient (Wildman–Crippen LogP) is 0.0580. The Labute approximate surface area is 115 Å². The number of amides is 3. The van der Waals surface area contributed by atoms with Gasteiger partial charge >= 0.3 is 12.0 Å². The van der Waals surface area contributed by atoms with Crippen LogP contribution < -0.4 is 11.1 Å². The molecule has 4 N–H and O–H groups in total. The number of primary amides is 1. The molecule has 1 aromatic rings. The summed E-state index contributed by atoms with van der Waals surface area (Å²) in [4.78, 5) is 34.7. The van der Waals surface area contributed by atoms with Crippen molar-refractivity contribution in [3.05, 3.63) is 23.7 Å². The Morgan fingerprint density at radius 1 is 1.45 bits per heavy atom. The van der Waals surface area contributed by atoms with Crippen LogP contribution in [0.1, 0.15) is 17.9 Å². The number of nitrogens with zero attached hydrogens (tertiary/aromatic N) is 1. The van der Waals surface area contributed by atoms with E-state index in [1.165, 1.54) is 11.9 Å². The highest BCUT2D eigenvalue weighted by molar-refractivity contribution is 5.87. The van der Waals surface area contributed by atoms with E-state index in [9.17, 15) is 14.4 Å². The van der Waals surface area contributed by atoms with Crippen LogP contribution in [0.15, 0.2) is 16.5 Å². The van der Waals surface area contributed by atoms with Gasteiger partial charge in [-0.15, -0.1) is 0 Å². The van der Waals surface area contributed by atoms with E-state index in [0.717, 1.165) is 0 Å². The summed E-state index contributed by atoms with van der Waals surface area (Å²) in [5.74, 6) is -0.839. The standard InChI is InChI=1S/C12H17N3O5/c1-7-3-4-8(20-7)6-15(2)12(19)14-9(11(17)18)5-10(13)16/h3-4,9H,5-6H2,1-2H3,(H2,13,16)(H,14,19)(H,17,18)/t9-/m1/s1. The van der Waals surface area contributed by atoms with Crippen molar-refractivity contribution in [3.63, 3.8) is 0 Å². The average Bonchev–Trinajstić information content (AvgIpc) is 2.72. The lowest BCUT2D eigenvalue weighted by atomic mass is 10.2. The molecule has 0 fully saturated rings. The molecular weight excluding hydrogens is 266 g/mol. The normalized spacial score (nSPS) is 11.7. The van der Waals surface area contributed by atoms with Crippen LogP contribution in [-0.4, -0.2) is 41.0 Å². The summed E-state index contributed by atoms with van der Waals surface area (Å²) >= 11 is 0. The number of nitrogens with two attached hydrogens (primary N) is 1. The number of rotatable bonds is 6. The minimum absolute atomic E-state index is 0.183. The van der Waals surface area contributed by atoms with Crippen molar-refractivity contribution in [2.75, 3.05) is 7.05 Å². The number of carbonyl (C=O) groups excluding carboxylic acids is 2. The maximum absolute atomic E-state index is 11.8. The number of hydrogen-bond acceptors (Lipinski definition) is 4. The van der Waals surface area contributed by atoms with Crippen molar-refractivity contribution in [2.24, 2.45) is 5.73 Å². The molecule has 110 valence electrons. The molecule has 0 radical (unpaired) electrons. The zero-order valence-electron chi connectivity index (χ0n) is 11.3. The summed E-state index contributed by atoms with van der Waals surface area (Å²) in [6.07, 6.45) is -0.464. The Balaban J connectivity index is 2.59. The van der Waals surface area contributed by atoms with E-state index in [0.29, 0.717) is 11.5 Å². The van der Waals surface area contributed by atoms with Crippen molar-refractivity contribution in [3.8, 4) is 0 Å². The summed E-state index contributed by atoms with van der Waals surface area (Å²) in [5.41, 5.74) is 4.93. The third-order valence-electron chi connectivity index (χ3n) is 2.54. The summed E-state index contributed by atoms with van der Waals surface area (Å²) in [5, 5.41) is 11.1. The van der Waals surface area contributed by atoms with E-state index >= 15 is 0 Å². The van der Waals surface area contributed by atoms with Crippen LogP contribution in [0.4, 0.5) is 4.79 Å². The van der Waals surface area contributed by atoms with Crippen molar-refractivity contribution >= 4 is 17.9 Å². The van der Waals surface area contributed by atoms with Gasteiger partial charge in [-0.25, -0.2) is 9.59 Å². The maximum Gasteiger partial charge on any atom is 0.326 e. The molecule has 1 heterocycles. The van der Waals surface area contributed by atoms with Gasteiger partial charge in [-0.3, -0.25) is 4.79 Å². The lowest BCUT2D eigenvalue weighted by Gasteiger charge is -2.20. The van der Waals surface area contributed by atoms with Crippen LogP contribution in [0.5, 0.6) is 0 Å². The lowest BCUT2D eigenvalue weighted by Crippen LogP contribution is -2.47. The summed E-state index contributed by atoms with van der Waals surface area (Å²) in [7, 11) is 1.48. The molecule has 0 aromatic carbocycles. The van der Waals surface area contributed by atoms with Crippen molar-refractivity contribution < 1.29 is 23.9 Å². The van der Waals surface area contributed by atoms with E-state index < -0.39 is 30.4 Å². The summed E-state index contributed by atoms with van der Waals surface area (Å²) in [6.45, 7) is 1.96. The van der Waals surface area contributed by atoms with Crippen LogP contribution in [0.3, 0.4) is 0 Å². The molecule has 3 amide bonds. The Hall–Kier alpha value is -2.51. The number of nitrogens with one attached hydrogen (secondary N) is 1. The van der Waals surface area contributed by atoms with Gasteiger partial charge in [-0.2, -0.15) is 0 Å². The fourth-order valence-corrected chi connectivity index (χ4v) is 1.54. The smallest absolute Gasteiger partial charge is 0.326 e. The number of aryl methyl sites for hydroxylation is 1. The zero-order chi connectivity index (χ0) is 15.3. The summed E-state index contributed by atoms with van der Waals surface area (Å²) in [6, 6.07) is 1.50. The van der Waals surface area contributed by atoms with Gasteiger partial charge in [-0.1, -0.05) is 0 Å². The lowest BCUT2D eigenvalue weighted by molar-refractivity contribution is -0.140. The minimum atomic E-state index is -1.35. The monoisotopic (exact) mass is 283 g/mol. The van der Waals surface area contributed by atoms with Crippen LogP contribution in [0.2, 0.25) is 0 Å². The third kappa shape index (κ3) is 4.63. The fourth-order valence-electron chi connectivity index (χ4n) is 1.54. The van der Waals surface area contributed by atoms with E-state index in [2.05, 4.69) is 5.32 Å². The van der Waals surface area contributed by atoms with Gasteiger partial charge in [0, 0.05) is 7.05 Å². The number of urea groups is 1. The van der Waals surface area contributed by atoms with Gasteiger partial charge in [-0.05, 0) is 19.1 Å². The fraction of sp³-hybridized carbons (Fsp3) is 0.417. The van der Waals surface area contributed by atoms with E-state index in [1.54, 1.807) is 19.1 Å². The van der Waals surface area contributed by atoms with Gasteiger partial charge in [0.1, 0.15) is 17.6 Å². The Morgan fingerprint density at radius 3 is 2.55 bits per heavy atom. The van der Waals surface area contributed by atoms with Crippen molar-refractivity contribution in [1.82, 2.24) is 10.2 Å². The first-order chi connectivity index (χ1) is 9.29. The largest absolute Gasteiger partial charge is 0.480 e. The van der Waals surface area contributed by atoms with Crippen LogP contribution in [0.25, 0.3) is 0 Å². The van der Waals surface area contributed by atoms with Crippen LogP contribution >= 0.6 is 0 Å². The van der Waals surface area contributed by atoms with E-state index in [4.69, 9.17) is 15.3 Å². The first-order valence-corrected chi connectivity index (χ1v) is 5.87. The molecule has 0 saturated carbocycles. The number of carbonyl (C=O) groups is 3. The SMILES string of the molecule is Cc1ccc(CN(C)C(=O)N[C@H](CC(N)=O)C(=O)O)o1. The molecule has 8 heteroatoms. The van der Waals surface area contributed by atoms with Crippen molar-refractivity contribution in [2.45, 2.75) is 25.9 Å². The van der Waals surface area contributed by atoms with Gasteiger partial charge in [0.2, 0.25) is 5.91 Å². The molecule has 0 aliphatic rings. The molecule has 0 spiro atoms. The molecule has 0 bridgehead atoms. The second kappa shape index (κ2) is 6.60. The van der Waals surface area contributed by atoms with Crippen LogP contribution in [0, 0.1) is 6.92 Å². The Kier molecular flexibility index (Phi) is 5.13. The number of furan rings is 1. The molecule has 0 aliphatic heterocycles. The molecule has 8 nitrogen and oxygen atoms in total. The first-order valence-electron chi connectivity index (χ1n) is 5.87. The molecule has 1 rings (SSSR count). The minimum Gasteiger partial charge on any atom is -0.480 e. The zero-order valence-corrected chi connectivity index (χ0v) is 11.3. The predicted molar refractivity (Wildman–Crippen MR) is 68.7 cm³/mol. The van der Waals surface area contributed by atoms with E-state index in [1.807, 2.05) is 0 Å². The molecule has 1 atom stereocenters. The Bertz CT molecular complexity index is 511. The highest BCUT2D eigenvalue weighted by Crippen LogP contribution is 2.08. The number of carboxylic acids is 1. The van der Waals surface area contributed by atoms with Gasteiger partial charge in [0.05, 0.1) is 13.0 Å². The summed E-state index contributed by atoms with van der Waals surface area (Å²) < 4.78 is 5.31. The molecule has 0 aliphatic carbocycles. The number of aliphatic carboxylic acids is 1. The van der Waals surface area contributed by atoms with Gasteiger partial charge in [0.15, 0.2) is 0 Å². The molecule has 1 aromatic heterocycles. The number of hydrogen-bond donors (Lipinski definition) is 3. The Morgan fingerprint density at radius 2 is 2.10 bits per heavy atom. The number of carboxylic acid groups (broad SMARTS) is 1. The highest BCUT2D eigenvalue weighted by Gasteiger charge is 2.23. The average molecular weight is 283 g/mol. The van der Waals surface area contributed by atoms with Crippen molar-refractivity contribution in [1.29, 1.82) is 0 Å². The molecular formula is C12H17N3O5. The van der Waals surface area contributed by atoms with Crippen LogP contribution in [-0.2, 0) is 16.1 Å². The van der Waals surface area contributed by atoms with Gasteiger partial charge < -0.3 is 25.5 Å². The first kappa shape index (κ1) is 15.5. The van der Waals surface area contributed by atoms with Gasteiger partial charge in [0.25, 0.3) is 0 Å². The highest BCUT2D eigenvalue weighted by atomic mass is 16.4.